The molecule has 1 aliphatic heterocycles. The van der Waals surface area contributed by atoms with Crippen LogP contribution >= 0.6 is 0 Å². The lowest BCUT2D eigenvalue weighted by atomic mass is 9.79. The van der Waals surface area contributed by atoms with Gasteiger partial charge in [-0.3, -0.25) is 9.79 Å². The number of esters is 1. The predicted molar refractivity (Wildman–Crippen MR) is 98.1 cm³/mol. The molecule has 0 amide bonds. The number of carboxylic acids is 1. The summed E-state index contributed by atoms with van der Waals surface area (Å²) in [7, 11) is 0. The summed E-state index contributed by atoms with van der Waals surface area (Å²) in [4.78, 5) is 28.1. The Morgan fingerprint density at radius 3 is 2.28 bits per heavy atom. The van der Waals surface area contributed by atoms with Crippen LogP contribution in [0.3, 0.4) is 0 Å². The van der Waals surface area contributed by atoms with Crippen molar-refractivity contribution in [2.24, 2.45) is 10.9 Å². The average molecular weight is 403 g/mol. The van der Waals surface area contributed by atoms with Gasteiger partial charge in [-0.2, -0.15) is 13.2 Å². The molecule has 0 fully saturated rings. The van der Waals surface area contributed by atoms with Gasteiger partial charge in [-0.15, -0.1) is 0 Å². The fraction of sp³-hybridized carbons (Fsp3) is 0.190. The third-order valence-corrected chi connectivity index (χ3v) is 4.49. The predicted octanol–water partition coefficient (Wildman–Crippen LogP) is 4.20. The molecule has 150 valence electrons. The fourth-order valence-electron chi connectivity index (χ4n) is 3.03. The zero-order valence-electron chi connectivity index (χ0n) is 15.0. The number of aliphatic carboxylic acids is 1. The van der Waals surface area contributed by atoms with E-state index in [1.807, 2.05) is 6.07 Å². The summed E-state index contributed by atoms with van der Waals surface area (Å²) in [6.45, 7) is -0.0296. The number of rotatable bonds is 5. The molecule has 1 heterocycles. The van der Waals surface area contributed by atoms with Gasteiger partial charge in [0, 0.05) is 18.3 Å². The van der Waals surface area contributed by atoms with E-state index < -0.39 is 35.5 Å². The first-order valence-corrected chi connectivity index (χ1v) is 8.61. The standard InChI is InChI=1S/C21H16F3NO4/c22-21(23,24)15-8-6-14(7-9-15)18-16(19(26)27)10-25-11-17(18)20(28)29-12-13-4-2-1-3-5-13/h1-11,16,18H,12H2,(H,26,27). The maximum absolute atomic E-state index is 12.8. The second kappa shape index (κ2) is 8.30. The van der Waals surface area contributed by atoms with E-state index in [9.17, 15) is 27.9 Å². The van der Waals surface area contributed by atoms with Gasteiger partial charge in [0.05, 0.1) is 11.1 Å². The molecule has 1 aliphatic rings. The quantitative estimate of drug-likeness (QED) is 0.760. The number of alkyl halides is 3. The highest BCUT2D eigenvalue weighted by molar-refractivity contribution is 5.98. The molecule has 2 atom stereocenters. The molecular weight excluding hydrogens is 387 g/mol. The minimum Gasteiger partial charge on any atom is -0.481 e. The fourth-order valence-corrected chi connectivity index (χ4v) is 3.03. The van der Waals surface area contributed by atoms with Crippen LogP contribution in [0.2, 0.25) is 0 Å². The number of benzene rings is 2. The van der Waals surface area contributed by atoms with Crippen molar-refractivity contribution in [2.75, 3.05) is 0 Å². The number of hydrogen-bond acceptors (Lipinski definition) is 4. The number of nitrogens with zero attached hydrogens (tertiary/aromatic N) is 1. The molecule has 2 aromatic carbocycles. The van der Waals surface area contributed by atoms with Crippen LogP contribution in [0.25, 0.3) is 0 Å². The van der Waals surface area contributed by atoms with E-state index in [1.165, 1.54) is 18.3 Å². The van der Waals surface area contributed by atoms with E-state index >= 15 is 0 Å². The molecular formula is C21H16F3NO4. The van der Waals surface area contributed by atoms with E-state index in [4.69, 9.17) is 4.74 Å². The van der Waals surface area contributed by atoms with Gasteiger partial charge >= 0.3 is 18.1 Å². The van der Waals surface area contributed by atoms with Crippen LogP contribution in [0.1, 0.15) is 22.6 Å². The number of hydrogen-bond donors (Lipinski definition) is 1. The molecule has 0 aliphatic carbocycles. The summed E-state index contributed by atoms with van der Waals surface area (Å²) in [6, 6.07) is 12.9. The molecule has 0 radical (unpaired) electrons. The molecule has 8 heteroatoms. The maximum atomic E-state index is 12.8. The Hall–Kier alpha value is -3.42. The molecule has 0 saturated heterocycles. The molecule has 0 aromatic heterocycles. The zero-order chi connectivity index (χ0) is 21.0. The van der Waals surface area contributed by atoms with Crippen LogP contribution in [-0.4, -0.2) is 23.3 Å². The highest BCUT2D eigenvalue weighted by Gasteiger charge is 2.38. The molecule has 0 saturated carbocycles. The van der Waals surface area contributed by atoms with Crippen molar-refractivity contribution in [3.05, 3.63) is 83.1 Å². The van der Waals surface area contributed by atoms with Gasteiger partial charge < -0.3 is 9.84 Å². The van der Waals surface area contributed by atoms with Crippen LogP contribution in [-0.2, 0) is 27.1 Å². The van der Waals surface area contributed by atoms with E-state index in [1.54, 1.807) is 24.3 Å². The molecule has 2 aromatic rings. The summed E-state index contributed by atoms with van der Waals surface area (Å²) >= 11 is 0. The number of carbonyl (C=O) groups is 2. The first-order chi connectivity index (χ1) is 13.8. The van der Waals surface area contributed by atoms with Crippen molar-refractivity contribution in [1.82, 2.24) is 0 Å². The van der Waals surface area contributed by atoms with Crippen molar-refractivity contribution in [1.29, 1.82) is 0 Å². The van der Waals surface area contributed by atoms with Gasteiger partial charge in [-0.1, -0.05) is 42.5 Å². The van der Waals surface area contributed by atoms with Gasteiger partial charge in [0.1, 0.15) is 12.5 Å². The monoisotopic (exact) mass is 403 g/mol. The van der Waals surface area contributed by atoms with Gasteiger partial charge in [0.2, 0.25) is 0 Å². The first-order valence-electron chi connectivity index (χ1n) is 8.61. The first kappa shape index (κ1) is 20.3. The van der Waals surface area contributed by atoms with Gasteiger partial charge in [-0.05, 0) is 23.3 Å². The SMILES string of the molecule is O=C(OCc1ccccc1)C1=CN=CC(C(=O)O)C1c1ccc(C(F)(F)F)cc1. The van der Waals surface area contributed by atoms with Gasteiger partial charge in [0.15, 0.2) is 0 Å². The van der Waals surface area contributed by atoms with E-state index in [0.29, 0.717) is 0 Å². The number of carboxylic acid groups (broad SMARTS) is 1. The molecule has 0 bridgehead atoms. The Bertz CT molecular complexity index is 950. The highest BCUT2D eigenvalue weighted by atomic mass is 19.4. The van der Waals surface area contributed by atoms with E-state index in [0.717, 1.165) is 23.9 Å². The Morgan fingerprint density at radius 2 is 1.69 bits per heavy atom. The van der Waals surface area contributed by atoms with E-state index in [-0.39, 0.29) is 17.7 Å². The lowest BCUT2D eigenvalue weighted by molar-refractivity contribution is -0.142. The zero-order valence-corrected chi connectivity index (χ0v) is 15.0. The lowest BCUT2D eigenvalue weighted by Crippen LogP contribution is -2.30. The Morgan fingerprint density at radius 1 is 1.03 bits per heavy atom. The molecule has 2 unspecified atom stereocenters. The van der Waals surface area contributed by atoms with Crippen molar-refractivity contribution < 1.29 is 32.6 Å². The highest BCUT2D eigenvalue weighted by Crippen LogP contribution is 2.37. The van der Waals surface area contributed by atoms with Crippen LogP contribution < -0.4 is 0 Å². The number of aliphatic imine (C=N–C) groups is 1. The summed E-state index contributed by atoms with van der Waals surface area (Å²) in [5.41, 5.74) is 0.0893. The van der Waals surface area contributed by atoms with Crippen LogP contribution in [0.4, 0.5) is 13.2 Å². The average Bonchev–Trinajstić information content (AvgIpc) is 2.71. The smallest absolute Gasteiger partial charge is 0.416 e. The van der Waals surface area contributed by atoms with Crippen molar-refractivity contribution in [2.45, 2.75) is 18.7 Å². The topological polar surface area (TPSA) is 76.0 Å². The molecule has 29 heavy (non-hydrogen) atoms. The second-order valence-corrected chi connectivity index (χ2v) is 6.41. The number of ether oxygens (including phenoxy) is 1. The molecule has 1 N–H and O–H groups in total. The normalized spacial score (nSPS) is 18.8. The maximum Gasteiger partial charge on any atom is 0.416 e. The lowest BCUT2D eigenvalue weighted by Gasteiger charge is -2.26. The summed E-state index contributed by atoms with van der Waals surface area (Å²) in [6.07, 6.45) is -2.18. The Labute approximate surface area is 164 Å². The van der Waals surface area contributed by atoms with E-state index in [2.05, 4.69) is 4.99 Å². The van der Waals surface area contributed by atoms with Crippen molar-refractivity contribution >= 4 is 18.2 Å². The van der Waals surface area contributed by atoms with Crippen LogP contribution in [0, 0.1) is 5.92 Å². The largest absolute Gasteiger partial charge is 0.481 e. The molecule has 0 spiro atoms. The minimum atomic E-state index is -4.52. The van der Waals surface area contributed by atoms with Crippen LogP contribution in [0.15, 0.2) is 71.4 Å². The third kappa shape index (κ3) is 4.71. The van der Waals surface area contributed by atoms with Gasteiger partial charge in [-0.25, -0.2) is 4.79 Å². The minimum absolute atomic E-state index is 0.0296. The van der Waals surface area contributed by atoms with Gasteiger partial charge in [0.25, 0.3) is 0 Å². The molecule has 5 nitrogen and oxygen atoms in total. The Kier molecular flexibility index (Phi) is 5.81. The number of carbonyl (C=O) groups excluding carboxylic acids is 1. The molecule has 3 rings (SSSR count). The second-order valence-electron chi connectivity index (χ2n) is 6.41. The van der Waals surface area contributed by atoms with Crippen molar-refractivity contribution in [3.8, 4) is 0 Å². The van der Waals surface area contributed by atoms with Crippen LogP contribution in [0.5, 0.6) is 0 Å². The number of halogens is 3. The summed E-state index contributed by atoms with van der Waals surface area (Å²) in [5, 5.41) is 9.51. The summed E-state index contributed by atoms with van der Waals surface area (Å²) in [5.74, 6) is -4.26. The summed E-state index contributed by atoms with van der Waals surface area (Å²) < 4.78 is 43.8. The van der Waals surface area contributed by atoms with Crippen molar-refractivity contribution in [3.63, 3.8) is 0 Å². The Balaban J connectivity index is 1.87. The third-order valence-electron chi connectivity index (χ3n) is 4.49.